The van der Waals surface area contributed by atoms with Crippen LogP contribution in [0.2, 0.25) is 0 Å². The predicted molar refractivity (Wildman–Crippen MR) is 135 cm³/mol. The molecule has 2 saturated heterocycles. The fourth-order valence-corrected chi connectivity index (χ4v) is 4.32. The average molecular weight is 615 g/mol. The molecule has 2 fully saturated rings. The van der Waals surface area contributed by atoms with Gasteiger partial charge in [-0.2, -0.15) is 0 Å². The number of aliphatic hydroxyl groups is 6. The number of esters is 2. The van der Waals surface area contributed by atoms with Gasteiger partial charge in [0, 0.05) is 12.1 Å². The second-order valence-corrected chi connectivity index (χ2v) is 9.77. The number of ether oxygens (including phenoxy) is 5. The van der Waals surface area contributed by atoms with Crippen molar-refractivity contribution >= 4 is 11.9 Å². The Hall–Kier alpha value is -3.78. The zero-order valence-electron chi connectivity index (χ0n) is 22.0. The largest absolute Gasteiger partial charge is 0.508 e. The minimum Gasteiger partial charge on any atom is -0.508 e. The summed E-state index contributed by atoms with van der Waals surface area (Å²) in [6.07, 6.45) is -18.2. The standard InChI is InChI=1S/C26H30O17/c27-9-1-3-11(13(29)5-9)23(37)39-7-15-17(31)19(33)21(35)25(41-15)43-26-22(36)20(34)18(32)16(42-26)8-40-24(38)12-4-2-10(28)6-14(12)30/h1-6,15-22,25-36H,7-8H2/t15?,16?,17-,18-,19+,20+,21?,22?,25-,26-/m1/s1. The van der Waals surface area contributed by atoms with Gasteiger partial charge in [-0.25, -0.2) is 9.59 Å². The number of carbonyl (C=O) groups excluding carboxylic acids is 2. The Morgan fingerprint density at radius 3 is 1.30 bits per heavy atom. The number of phenolic OH excluding ortho intramolecular Hbond substituents is 4. The third-order valence-corrected chi connectivity index (χ3v) is 6.77. The van der Waals surface area contributed by atoms with E-state index in [1.807, 2.05) is 0 Å². The second-order valence-electron chi connectivity index (χ2n) is 9.77. The quantitative estimate of drug-likeness (QED) is 0.134. The molecule has 236 valence electrons. The summed E-state index contributed by atoms with van der Waals surface area (Å²) in [4.78, 5) is 24.7. The van der Waals surface area contributed by atoms with Gasteiger partial charge < -0.3 is 74.7 Å². The fourth-order valence-electron chi connectivity index (χ4n) is 4.32. The van der Waals surface area contributed by atoms with E-state index >= 15 is 0 Å². The molecule has 10 N–H and O–H groups in total. The molecule has 4 unspecified atom stereocenters. The Morgan fingerprint density at radius 1 is 0.581 bits per heavy atom. The number of aromatic hydroxyl groups is 4. The van der Waals surface area contributed by atoms with Crippen LogP contribution in [0.15, 0.2) is 36.4 Å². The summed E-state index contributed by atoms with van der Waals surface area (Å²) in [5, 5.41) is 101. The van der Waals surface area contributed by atoms with E-state index in [1.165, 1.54) is 0 Å². The number of rotatable bonds is 8. The Balaban J connectivity index is 1.40. The zero-order chi connectivity index (χ0) is 31.6. The summed E-state index contributed by atoms with van der Waals surface area (Å²) < 4.78 is 26.2. The molecule has 0 spiro atoms. The molecule has 0 radical (unpaired) electrons. The highest BCUT2D eigenvalue weighted by atomic mass is 16.8. The van der Waals surface area contributed by atoms with E-state index in [0.717, 1.165) is 36.4 Å². The molecular weight excluding hydrogens is 584 g/mol. The minimum absolute atomic E-state index is 0.320. The lowest BCUT2D eigenvalue weighted by molar-refractivity contribution is -0.376. The lowest BCUT2D eigenvalue weighted by atomic mass is 9.98. The van der Waals surface area contributed by atoms with Gasteiger partial charge in [-0.05, 0) is 24.3 Å². The van der Waals surface area contributed by atoms with Crippen molar-refractivity contribution in [2.24, 2.45) is 0 Å². The molecule has 2 aliphatic rings. The maximum absolute atomic E-state index is 12.3. The van der Waals surface area contributed by atoms with E-state index in [4.69, 9.17) is 23.7 Å². The molecular formula is C26H30O17. The van der Waals surface area contributed by atoms with Crippen molar-refractivity contribution in [1.29, 1.82) is 0 Å². The van der Waals surface area contributed by atoms with Crippen LogP contribution >= 0.6 is 0 Å². The molecule has 0 bridgehead atoms. The molecule has 2 aromatic carbocycles. The molecule has 0 saturated carbocycles. The summed E-state index contributed by atoms with van der Waals surface area (Å²) in [6, 6.07) is 6.13. The van der Waals surface area contributed by atoms with Gasteiger partial charge >= 0.3 is 11.9 Å². The van der Waals surface area contributed by atoms with Crippen molar-refractivity contribution in [1.82, 2.24) is 0 Å². The van der Waals surface area contributed by atoms with Crippen LogP contribution in [0.25, 0.3) is 0 Å². The first kappa shape index (κ1) is 32.1. The number of hydrogen-bond acceptors (Lipinski definition) is 17. The lowest BCUT2D eigenvalue weighted by Crippen LogP contribution is -2.64. The van der Waals surface area contributed by atoms with Gasteiger partial charge in [0.25, 0.3) is 0 Å². The van der Waals surface area contributed by atoms with E-state index in [1.54, 1.807) is 0 Å². The number of aliphatic hydroxyl groups excluding tert-OH is 6. The van der Waals surface area contributed by atoms with E-state index in [0.29, 0.717) is 0 Å². The van der Waals surface area contributed by atoms with Crippen LogP contribution < -0.4 is 0 Å². The third kappa shape index (κ3) is 7.07. The first-order chi connectivity index (χ1) is 20.3. The van der Waals surface area contributed by atoms with Crippen molar-refractivity contribution in [2.75, 3.05) is 13.2 Å². The number of benzene rings is 2. The van der Waals surface area contributed by atoms with Gasteiger partial charge in [0.1, 0.15) is 96.2 Å². The molecule has 10 atom stereocenters. The van der Waals surface area contributed by atoms with Crippen molar-refractivity contribution < 1.29 is 84.3 Å². The molecule has 2 heterocycles. The van der Waals surface area contributed by atoms with Crippen LogP contribution in [0.4, 0.5) is 0 Å². The topological polar surface area (TPSA) is 283 Å². The Bertz CT molecular complexity index is 1200. The summed E-state index contributed by atoms with van der Waals surface area (Å²) in [6.45, 7) is -1.47. The molecule has 17 nitrogen and oxygen atoms in total. The van der Waals surface area contributed by atoms with E-state index in [-0.39, 0.29) is 22.6 Å². The SMILES string of the molecule is O=C(OCC1O[C@H](O[C@H]2OC(COC(=O)c3ccc(O)cc3O)[C@@H](O)[C@H](O)C2O)C(O)[C@@H](O)[C@@H]1O)c1ccc(O)cc1O. The first-order valence-electron chi connectivity index (χ1n) is 12.7. The summed E-state index contributed by atoms with van der Waals surface area (Å²) in [7, 11) is 0. The fraction of sp³-hybridized carbons (Fsp3) is 0.462. The highest BCUT2D eigenvalue weighted by Gasteiger charge is 2.50. The van der Waals surface area contributed by atoms with Crippen LogP contribution in [0.1, 0.15) is 20.7 Å². The normalized spacial score (nSPS) is 32.6. The summed E-state index contributed by atoms with van der Waals surface area (Å²) in [5.41, 5.74) is -0.676. The lowest BCUT2D eigenvalue weighted by Gasteiger charge is -2.44. The Labute approximate surface area is 241 Å². The maximum Gasteiger partial charge on any atom is 0.342 e. The van der Waals surface area contributed by atoms with Crippen LogP contribution in [-0.4, -0.2) is 138 Å². The van der Waals surface area contributed by atoms with Crippen LogP contribution in [0.5, 0.6) is 23.0 Å². The molecule has 2 aliphatic heterocycles. The molecule has 4 rings (SSSR count). The van der Waals surface area contributed by atoms with Crippen molar-refractivity contribution in [3.63, 3.8) is 0 Å². The number of phenols is 4. The monoisotopic (exact) mass is 614 g/mol. The third-order valence-electron chi connectivity index (χ3n) is 6.77. The average Bonchev–Trinajstić information content (AvgIpc) is 2.96. The van der Waals surface area contributed by atoms with Crippen molar-refractivity contribution in [2.45, 2.75) is 61.4 Å². The second kappa shape index (κ2) is 13.2. The van der Waals surface area contributed by atoms with Crippen molar-refractivity contribution in [3.05, 3.63) is 47.5 Å². The molecule has 17 heteroatoms. The van der Waals surface area contributed by atoms with Gasteiger partial charge in [0.15, 0.2) is 12.6 Å². The van der Waals surface area contributed by atoms with Gasteiger partial charge in [0.2, 0.25) is 0 Å². The molecule has 0 amide bonds. The van der Waals surface area contributed by atoms with Gasteiger partial charge in [-0.3, -0.25) is 0 Å². The highest BCUT2D eigenvalue weighted by Crippen LogP contribution is 2.30. The predicted octanol–water partition coefficient (Wildman–Crippen LogP) is -2.85. The van der Waals surface area contributed by atoms with Crippen molar-refractivity contribution in [3.8, 4) is 23.0 Å². The number of carbonyl (C=O) groups is 2. The van der Waals surface area contributed by atoms with Gasteiger partial charge in [-0.1, -0.05) is 0 Å². The number of hydrogen-bond donors (Lipinski definition) is 10. The van der Waals surface area contributed by atoms with E-state index < -0.39 is 98.1 Å². The van der Waals surface area contributed by atoms with Crippen LogP contribution in [0.3, 0.4) is 0 Å². The maximum atomic E-state index is 12.3. The minimum atomic E-state index is -1.96. The van der Waals surface area contributed by atoms with E-state index in [2.05, 4.69) is 0 Å². The van der Waals surface area contributed by atoms with E-state index in [9.17, 15) is 60.7 Å². The smallest absolute Gasteiger partial charge is 0.342 e. The zero-order valence-corrected chi connectivity index (χ0v) is 22.0. The molecule has 0 aromatic heterocycles. The van der Waals surface area contributed by atoms with Gasteiger partial charge in [0.05, 0.1) is 0 Å². The van der Waals surface area contributed by atoms with Crippen LogP contribution in [-0.2, 0) is 23.7 Å². The first-order valence-corrected chi connectivity index (χ1v) is 12.7. The molecule has 43 heavy (non-hydrogen) atoms. The Morgan fingerprint density at radius 2 is 0.953 bits per heavy atom. The highest BCUT2D eigenvalue weighted by molar-refractivity contribution is 5.93. The Kier molecular flexibility index (Phi) is 9.90. The summed E-state index contributed by atoms with van der Waals surface area (Å²) in [5.74, 6) is -4.02. The van der Waals surface area contributed by atoms with Crippen LogP contribution in [0, 0.1) is 0 Å². The van der Waals surface area contributed by atoms with Gasteiger partial charge in [-0.15, -0.1) is 0 Å². The molecule has 0 aliphatic carbocycles. The summed E-state index contributed by atoms with van der Waals surface area (Å²) >= 11 is 0. The molecule has 2 aromatic rings.